The molecule has 0 radical (unpaired) electrons. The van der Waals surface area contributed by atoms with Gasteiger partial charge in [-0.2, -0.15) is 0 Å². The summed E-state index contributed by atoms with van der Waals surface area (Å²) in [5.41, 5.74) is 6.03. The van der Waals surface area contributed by atoms with Crippen molar-refractivity contribution in [1.29, 1.82) is 0 Å². The van der Waals surface area contributed by atoms with E-state index in [2.05, 4.69) is 10.3 Å². The number of nitrogens with zero attached hydrogens (tertiary/aromatic N) is 1. The lowest BCUT2D eigenvalue weighted by Gasteiger charge is -2.24. The van der Waals surface area contributed by atoms with E-state index in [0.29, 0.717) is 5.82 Å². The van der Waals surface area contributed by atoms with Crippen LogP contribution in [0.3, 0.4) is 0 Å². The monoisotopic (exact) mass is 181 g/mol. The lowest BCUT2D eigenvalue weighted by molar-refractivity contribution is 0.234. The lowest BCUT2D eigenvalue weighted by atomic mass is 10.1. The number of hydrogen-bond donors (Lipinski definition) is 3. The molecule has 1 heterocycles. The summed E-state index contributed by atoms with van der Waals surface area (Å²) in [6.45, 7) is 3.88. The van der Waals surface area contributed by atoms with Gasteiger partial charge in [0.2, 0.25) is 0 Å². The first-order valence-electron chi connectivity index (χ1n) is 4.14. The highest BCUT2D eigenvalue weighted by Crippen LogP contribution is 2.15. The van der Waals surface area contributed by atoms with Crippen molar-refractivity contribution in [3.05, 3.63) is 18.3 Å². The summed E-state index contributed by atoms with van der Waals surface area (Å²) in [5, 5.41) is 12.2. The smallest absolute Gasteiger partial charge is 0.125 e. The summed E-state index contributed by atoms with van der Waals surface area (Å²) in [7, 11) is 0. The molecule has 1 aromatic rings. The van der Waals surface area contributed by atoms with E-state index < -0.39 is 0 Å². The Bertz CT molecular complexity index is 286. The van der Waals surface area contributed by atoms with E-state index in [9.17, 15) is 0 Å². The quantitative estimate of drug-likeness (QED) is 0.646. The third kappa shape index (κ3) is 2.91. The van der Waals surface area contributed by atoms with Crippen LogP contribution in [0.2, 0.25) is 0 Å². The number of anilines is 2. The molecule has 0 spiro atoms. The predicted molar refractivity (Wildman–Crippen MR) is 53.4 cm³/mol. The molecule has 13 heavy (non-hydrogen) atoms. The molecular weight excluding hydrogens is 166 g/mol. The van der Waals surface area contributed by atoms with E-state index >= 15 is 0 Å². The fourth-order valence-electron chi connectivity index (χ4n) is 0.956. The highest BCUT2D eigenvalue weighted by molar-refractivity contribution is 5.51. The Hall–Kier alpha value is -1.29. The van der Waals surface area contributed by atoms with Gasteiger partial charge < -0.3 is 16.2 Å². The van der Waals surface area contributed by atoms with Crippen molar-refractivity contribution in [2.75, 3.05) is 17.7 Å². The van der Waals surface area contributed by atoms with Crippen LogP contribution < -0.4 is 11.1 Å². The maximum Gasteiger partial charge on any atom is 0.125 e. The summed E-state index contributed by atoms with van der Waals surface area (Å²) in [6.07, 6.45) is 1.63. The van der Waals surface area contributed by atoms with E-state index in [1.807, 2.05) is 19.9 Å². The molecule has 4 N–H and O–H groups in total. The number of nitrogens with one attached hydrogen (secondary N) is 1. The molecule has 0 amide bonds. The second-order valence-corrected chi connectivity index (χ2v) is 3.64. The first-order chi connectivity index (χ1) is 6.03. The molecule has 0 atom stereocenters. The zero-order chi connectivity index (χ0) is 9.90. The number of nitrogen functional groups attached to an aromatic ring is 1. The van der Waals surface area contributed by atoms with Crippen LogP contribution in [0.15, 0.2) is 18.3 Å². The van der Waals surface area contributed by atoms with Gasteiger partial charge in [-0.3, -0.25) is 0 Å². The van der Waals surface area contributed by atoms with Crippen molar-refractivity contribution in [2.24, 2.45) is 0 Å². The Labute approximate surface area is 77.8 Å². The van der Waals surface area contributed by atoms with Gasteiger partial charge in [0.05, 0.1) is 12.1 Å². The zero-order valence-corrected chi connectivity index (χ0v) is 7.91. The Balaban J connectivity index is 2.74. The maximum atomic E-state index is 9.02. The zero-order valence-electron chi connectivity index (χ0n) is 7.91. The Morgan fingerprint density at radius 1 is 1.62 bits per heavy atom. The van der Waals surface area contributed by atoms with E-state index in [0.717, 1.165) is 5.69 Å². The summed E-state index contributed by atoms with van der Waals surface area (Å²) >= 11 is 0. The molecule has 0 aliphatic carbocycles. The highest BCUT2D eigenvalue weighted by atomic mass is 16.3. The maximum absolute atomic E-state index is 9.02. The third-order valence-corrected chi connectivity index (χ3v) is 1.66. The second kappa shape index (κ2) is 3.62. The minimum Gasteiger partial charge on any atom is -0.394 e. The van der Waals surface area contributed by atoms with Crippen molar-refractivity contribution >= 4 is 11.5 Å². The average Bonchev–Trinajstić information content (AvgIpc) is 2.03. The second-order valence-electron chi connectivity index (χ2n) is 3.64. The Morgan fingerprint density at radius 2 is 2.31 bits per heavy atom. The minimum absolute atomic E-state index is 0.0647. The molecule has 0 fully saturated rings. The van der Waals surface area contributed by atoms with Gasteiger partial charge in [-0.15, -0.1) is 0 Å². The number of nitrogens with two attached hydrogens (primary N) is 1. The van der Waals surface area contributed by atoms with E-state index in [1.165, 1.54) is 0 Å². The molecular formula is C9H15N3O. The van der Waals surface area contributed by atoms with Gasteiger partial charge in [-0.05, 0) is 19.9 Å². The standard InChI is InChI=1S/C9H15N3O/c1-9(2,6-13)12-7-3-4-11-8(10)5-7/h3-5,13H,6H2,1-2H3,(H3,10,11,12). The molecule has 0 unspecified atom stereocenters. The largest absolute Gasteiger partial charge is 0.394 e. The van der Waals surface area contributed by atoms with E-state index in [4.69, 9.17) is 10.8 Å². The lowest BCUT2D eigenvalue weighted by Crippen LogP contribution is -2.34. The van der Waals surface area contributed by atoms with Crippen LogP contribution in [0, 0.1) is 0 Å². The molecule has 1 rings (SSSR count). The van der Waals surface area contributed by atoms with Crippen molar-refractivity contribution in [2.45, 2.75) is 19.4 Å². The molecule has 0 bridgehead atoms. The fourth-order valence-corrected chi connectivity index (χ4v) is 0.956. The number of aliphatic hydroxyl groups is 1. The minimum atomic E-state index is -0.339. The van der Waals surface area contributed by atoms with Gasteiger partial charge in [0, 0.05) is 18.0 Å². The van der Waals surface area contributed by atoms with Crippen LogP contribution in [0.4, 0.5) is 11.5 Å². The predicted octanol–water partition coefficient (Wildman–Crippen LogP) is 0.847. The van der Waals surface area contributed by atoms with Gasteiger partial charge in [-0.1, -0.05) is 0 Å². The SMILES string of the molecule is CC(C)(CO)Nc1ccnc(N)c1. The highest BCUT2D eigenvalue weighted by Gasteiger charge is 2.15. The molecule has 1 aromatic heterocycles. The number of pyridine rings is 1. The van der Waals surface area contributed by atoms with E-state index in [1.54, 1.807) is 12.3 Å². The summed E-state index contributed by atoms with van der Waals surface area (Å²) < 4.78 is 0. The van der Waals surface area contributed by atoms with Crippen molar-refractivity contribution in [3.63, 3.8) is 0 Å². The summed E-state index contributed by atoms with van der Waals surface area (Å²) in [5.74, 6) is 0.471. The molecule has 0 aliphatic heterocycles. The molecule has 4 nitrogen and oxygen atoms in total. The van der Waals surface area contributed by atoms with Crippen molar-refractivity contribution in [1.82, 2.24) is 4.98 Å². The summed E-state index contributed by atoms with van der Waals surface area (Å²) in [6, 6.07) is 3.55. The summed E-state index contributed by atoms with van der Waals surface area (Å²) in [4.78, 5) is 3.87. The van der Waals surface area contributed by atoms with Crippen LogP contribution in [-0.2, 0) is 0 Å². The molecule has 0 aromatic carbocycles. The number of rotatable bonds is 3. The average molecular weight is 181 g/mol. The number of aromatic nitrogens is 1. The van der Waals surface area contributed by atoms with Gasteiger partial charge in [0.1, 0.15) is 5.82 Å². The fraction of sp³-hybridized carbons (Fsp3) is 0.444. The van der Waals surface area contributed by atoms with Crippen LogP contribution in [-0.4, -0.2) is 22.2 Å². The molecule has 72 valence electrons. The molecule has 0 aliphatic rings. The molecule has 4 heteroatoms. The Morgan fingerprint density at radius 3 is 2.85 bits per heavy atom. The topological polar surface area (TPSA) is 71.2 Å². The van der Waals surface area contributed by atoms with Crippen LogP contribution in [0.5, 0.6) is 0 Å². The van der Waals surface area contributed by atoms with Crippen LogP contribution >= 0.6 is 0 Å². The number of aliphatic hydroxyl groups excluding tert-OH is 1. The first kappa shape index (κ1) is 9.80. The van der Waals surface area contributed by atoms with E-state index in [-0.39, 0.29) is 12.1 Å². The number of hydrogen-bond acceptors (Lipinski definition) is 4. The van der Waals surface area contributed by atoms with Crippen LogP contribution in [0.1, 0.15) is 13.8 Å². The normalized spacial score (nSPS) is 11.3. The van der Waals surface area contributed by atoms with Crippen LogP contribution in [0.25, 0.3) is 0 Å². The van der Waals surface area contributed by atoms with Crippen molar-refractivity contribution in [3.8, 4) is 0 Å². The van der Waals surface area contributed by atoms with Gasteiger partial charge >= 0.3 is 0 Å². The third-order valence-electron chi connectivity index (χ3n) is 1.66. The van der Waals surface area contributed by atoms with Gasteiger partial charge in [0.15, 0.2) is 0 Å². The molecule has 0 saturated carbocycles. The first-order valence-corrected chi connectivity index (χ1v) is 4.14. The molecule has 0 saturated heterocycles. The Kier molecular flexibility index (Phi) is 2.72. The van der Waals surface area contributed by atoms with Gasteiger partial charge in [0.25, 0.3) is 0 Å². The van der Waals surface area contributed by atoms with Gasteiger partial charge in [-0.25, -0.2) is 4.98 Å². The van der Waals surface area contributed by atoms with Crippen molar-refractivity contribution < 1.29 is 5.11 Å².